The minimum Gasteiger partial charge on any atom is -0.478 e. The molecule has 2 aromatic rings. The molecule has 1 aromatic heterocycles. The van der Waals surface area contributed by atoms with Crippen molar-refractivity contribution in [3.8, 4) is 11.6 Å². The fourth-order valence-corrected chi connectivity index (χ4v) is 1.94. The summed E-state index contributed by atoms with van der Waals surface area (Å²) in [5.41, 5.74) is -0.473. The van der Waals surface area contributed by atoms with Crippen molar-refractivity contribution in [3.63, 3.8) is 0 Å². The number of para-hydroxylation sites is 1. The molecule has 0 amide bonds. The summed E-state index contributed by atoms with van der Waals surface area (Å²) < 4.78 is 6.42. The van der Waals surface area contributed by atoms with Crippen LogP contribution in [-0.4, -0.2) is 16.2 Å². The van der Waals surface area contributed by atoms with Crippen LogP contribution in [0.4, 0.5) is 0 Å². The van der Waals surface area contributed by atoms with Crippen LogP contribution in [0, 0.1) is 0 Å². The smallest absolute Gasteiger partial charge is 0.335 e. The van der Waals surface area contributed by atoms with Crippen LogP contribution in [0.5, 0.6) is 5.88 Å². The molecule has 1 heterocycles. The van der Waals surface area contributed by atoms with E-state index in [1.807, 2.05) is 6.07 Å². The summed E-state index contributed by atoms with van der Waals surface area (Å²) in [5.74, 6) is 0.152. The second-order valence-electron chi connectivity index (χ2n) is 3.48. The van der Waals surface area contributed by atoms with E-state index in [4.69, 9.17) is 4.74 Å². The van der Waals surface area contributed by atoms with Gasteiger partial charge < -0.3 is 4.74 Å². The van der Waals surface area contributed by atoms with Crippen LogP contribution >= 0.6 is 15.9 Å². The van der Waals surface area contributed by atoms with E-state index in [2.05, 4.69) is 20.9 Å². The molecule has 0 saturated carbocycles. The van der Waals surface area contributed by atoms with Crippen molar-refractivity contribution in [1.29, 1.82) is 0 Å². The lowest BCUT2D eigenvalue weighted by Gasteiger charge is -2.08. The van der Waals surface area contributed by atoms with Crippen LogP contribution in [0.25, 0.3) is 5.69 Å². The molecule has 0 saturated heterocycles. The quantitative estimate of drug-likeness (QED) is 0.938. The molecule has 1 N–H and O–H groups in total. The third-order valence-electron chi connectivity index (χ3n) is 2.32. The maximum atomic E-state index is 12.1. The second-order valence-corrected chi connectivity index (χ2v) is 4.28. The summed E-state index contributed by atoms with van der Waals surface area (Å²) in [7, 11) is 0. The largest absolute Gasteiger partial charge is 0.478 e. The van der Waals surface area contributed by atoms with Gasteiger partial charge in [-0.2, -0.15) is 0 Å². The average molecular weight is 311 g/mol. The Morgan fingerprint density at radius 3 is 2.56 bits per heavy atom. The van der Waals surface area contributed by atoms with Gasteiger partial charge in [0.25, 0.3) is 5.56 Å². The number of aromatic nitrogens is 2. The first-order valence-electron chi connectivity index (χ1n) is 5.38. The molecule has 94 valence electrons. The highest BCUT2D eigenvalue weighted by atomic mass is 79.9. The summed E-state index contributed by atoms with van der Waals surface area (Å²) in [5, 5.41) is 0. The molecule has 0 aliphatic rings. The van der Waals surface area contributed by atoms with Gasteiger partial charge >= 0.3 is 5.69 Å². The number of aromatic amines is 1. The molecule has 0 spiro atoms. The van der Waals surface area contributed by atoms with Gasteiger partial charge in [-0.1, -0.05) is 18.2 Å². The van der Waals surface area contributed by atoms with Crippen LogP contribution < -0.4 is 16.0 Å². The minimum absolute atomic E-state index is 0.152. The normalized spacial score (nSPS) is 10.3. The van der Waals surface area contributed by atoms with Crippen molar-refractivity contribution in [2.45, 2.75) is 6.92 Å². The predicted molar refractivity (Wildman–Crippen MR) is 71.5 cm³/mol. The van der Waals surface area contributed by atoms with Gasteiger partial charge in [-0.25, -0.2) is 9.36 Å². The SMILES string of the molecule is CCOc1[nH]c(=O)n(-c2ccccc2)c(=O)c1Br. The molecule has 1 aromatic carbocycles. The lowest BCUT2D eigenvalue weighted by molar-refractivity contribution is 0.321. The zero-order valence-electron chi connectivity index (χ0n) is 9.64. The van der Waals surface area contributed by atoms with Gasteiger partial charge in [0.2, 0.25) is 5.88 Å². The Balaban J connectivity index is 2.68. The Hall–Kier alpha value is -1.82. The predicted octanol–water partition coefficient (Wildman–Crippen LogP) is 1.69. The Bertz CT molecular complexity index is 661. The Morgan fingerprint density at radius 1 is 1.28 bits per heavy atom. The van der Waals surface area contributed by atoms with E-state index >= 15 is 0 Å². The summed E-state index contributed by atoms with van der Waals surface area (Å²) in [4.78, 5) is 26.5. The van der Waals surface area contributed by atoms with Crippen LogP contribution in [0.1, 0.15) is 6.92 Å². The van der Waals surface area contributed by atoms with Crippen molar-refractivity contribution in [2.24, 2.45) is 0 Å². The Labute approximate surface area is 111 Å². The topological polar surface area (TPSA) is 64.1 Å². The highest BCUT2D eigenvalue weighted by Gasteiger charge is 2.13. The summed E-state index contributed by atoms with van der Waals surface area (Å²) in [6.07, 6.45) is 0. The molecule has 0 unspecified atom stereocenters. The fraction of sp³-hybridized carbons (Fsp3) is 0.167. The van der Waals surface area contributed by atoms with E-state index in [0.29, 0.717) is 12.3 Å². The van der Waals surface area contributed by atoms with E-state index < -0.39 is 11.2 Å². The van der Waals surface area contributed by atoms with Crippen LogP contribution in [0.15, 0.2) is 44.4 Å². The fourth-order valence-electron chi connectivity index (χ4n) is 1.55. The first-order chi connectivity index (χ1) is 8.65. The van der Waals surface area contributed by atoms with Crippen LogP contribution in [0.3, 0.4) is 0 Å². The third kappa shape index (κ3) is 2.24. The number of benzene rings is 1. The van der Waals surface area contributed by atoms with Gasteiger partial charge in [0.1, 0.15) is 4.47 Å². The molecular weight excluding hydrogens is 300 g/mol. The number of halogens is 1. The average Bonchev–Trinajstić information content (AvgIpc) is 2.37. The van der Waals surface area contributed by atoms with Crippen molar-refractivity contribution in [1.82, 2.24) is 9.55 Å². The summed E-state index contributed by atoms with van der Waals surface area (Å²) in [6.45, 7) is 2.14. The number of hydrogen-bond acceptors (Lipinski definition) is 3. The van der Waals surface area contributed by atoms with Crippen LogP contribution in [0.2, 0.25) is 0 Å². The maximum absolute atomic E-state index is 12.1. The molecule has 0 aliphatic heterocycles. The number of H-pyrrole nitrogens is 1. The summed E-state index contributed by atoms with van der Waals surface area (Å²) >= 11 is 3.14. The zero-order chi connectivity index (χ0) is 13.1. The van der Waals surface area contributed by atoms with Gasteiger partial charge in [-0.3, -0.25) is 9.78 Å². The lowest BCUT2D eigenvalue weighted by Crippen LogP contribution is -2.34. The van der Waals surface area contributed by atoms with Gasteiger partial charge in [-0.15, -0.1) is 0 Å². The lowest BCUT2D eigenvalue weighted by atomic mass is 10.3. The minimum atomic E-state index is -0.530. The molecule has 0 radical (unpaired) electrons. The van der Waals surface area contributed by atoms with E-state index in [-0.39, 0.29) is 10.4 Å². The second kappa shape index (κ2) is 5.22. The standard InChI is InChI=1S/C12H11BrN2O3/c1-2-18-10-9(13)11(16)15(12(17)14-10)8-6-4-3-5-7-8/h3-7H,2H2,1H3,(H,14,17). The van der Waals surface area contributed by atoms with E-state index in [1.165, 1.54) is 0 Å². The highest BCUT2D eigenvalue weighted by molar-refractivity contribution is 9.10. The third-order valence-corrected chi connectivity index (χ3v) is 3.02. The first kappa shape index (κ1) is 12.6. The van der Waals surface area contributed by atoms with Crippen molar-refractivity contribution in [2.75, 3.05) is 6.61 Å². The van der Waals surface area contributed by atoms with E-state index in [1.54, 1.807) is 31.2 Å². The molecule has 0 atom stereocenters. The van der Waals surface area contributed by atoms with Gasteiger partial charge in [-0.05, 0) is 35.0 Å². The van der Waals surface area contributed by atoms with Gasteiger partial charge in [0.05, 0.1) is 12.3 Å². The number of hydrogen-bond donors (Lipinski definition) is 1. The Morgan fingerprint density at radius 2 is 1.94 bits per heavy atom. The number of ether oxygens (including phenoxy) is 1. The maximum Gasteiger partial charge on any atom is 0.335 e. The van der Waals surface area contributed by atoms with Gasteiger partial charge in [0, 0.05) is 0 Å². The van der Waals surface area contributed by atoms with E-state index in [9.17, 15) is 9.59 Å². The number of nitrogens with one attached hydrogen (secondary N) is 1. The highest BCUT2D eigenvalue weighted by Crippen LogP contribution is 2.16. The molecule has 6 heteroatoms. The molecule has 2 rings (SSSR count). The molecule has 0 bridgehead atoms. The number of nitrogens with zero attached hydrogens (tertiary/aromatic N) is 1. The van der Waals surface area contributed by atoms with Crippen molar-refractivity contribution < 1.29 is 4.74 Å². The molecule has 18 heavy (non-hydrogen) atoms. The molecule has 0 fully saturated rings. The molecule has 5 nitrogen and oxygen atoms in total. The van der Waals surface area contributed by atoms with Crippen molar-refractivity contribution in [3.05, 3.63) is 55.6 Å². The van der Waals surface area contributed by atoms with Crippen LogP contribution in [-0.2, 0) is 0 Å². The van der Waals surface area contributed by atoms with E-state index in [0.717, 1.165) is 4.57 Å². The van der Waals surface area contributed by atoms with Gasteiger partial charge in [0.15, 0.2) is 0 Å². The molecular formula is C12H11BrN2O3. The van der Waals surface area contributed by atoms with Crippen molar-refractivity contribution >= 4 is 15.9 Å². The monoisotopic (exact) mass is 310 g/mol. The molecule has 0 aliphatic carbocycles. The Kier molecular flexibility index (Phi) is 3.66. The zero-order valence-corrected chi connectivity index (χ0v) is 11.2. The number of rotatable bonds is 3. The first-order valence-corrected chi connectivity index (χ1v) is 6.17. The summed E-state index contributed by atoms with van der Waals surface area (Å²) in [6, 6.07) is 8.69.